The normalized spacial score (nSPS) is 12.1. The summed E-state index contributed by atoms with van der Waals surface area (Å²) in [7, 11) is 0. The van der Waals surface area contributed by atoms with Crippen LogP contribution in [0.15, 0.2) is 63.5 Å². The smallest absolute Gasteiger partial charge is 0.224 e. The van der Waals surface area contributed by atoms with Gasteiger partial charge in [-0.15, -0.1) is 0 Å². The summed E-state index contributed by atoms with van der Waals surface area (Å²) < 4.78 is 12.3. The summed E-state index contributed by atoms with van der Waals surface area (Å²) in [5, 5.41) is 3.97. The molecule has 5 heteroatoms. The summed E-state index contributed by atoms with van der Waals surface area (Å²) in [6.07, 6.45) is 0.289. The Balaban J connectivity index is 1.50. The fraction of sp³-hybridized carbons (Fsp3) is 0.211. The number of ether oxygens (including phenoxy) is 1. The lowest BCUT2D eigenvalue weighted by Gasteiger charge is -2.12. The largest absolute Gasteiger partial charge is 0.493 e. The lowest BCUT2D eigenvalue weighted by atomic mass is 10.2. The number of rotatable bonds is 6. The van der Waals surface area contributed by atoms with Crippen molar-refractivity contribution in [2.75, 3.05) is 6.61 Å². The zero-order chi connectivity index (χ0) is 16.9. The van der Waals surface area contributed by atoms with Crippen LogP contribution in [-0.4, -0.2) is 12.5 Å². The molecular formula is C19H18BrNO3. The number of furan rings is 1. The Morgan fingerprint density at radius 1 is 1.21 bits per heavy atom. The molecule has 124 valence electrons. The van der Waals surface area contributed by atoms with Gasteiger partial charge in [0.25, 0.3) is 0 Å². The monoisotopic (exact) mass is 387 g/mol. The van der Waals surface area contributed by atoms with Crippen molar-refractivity contribution in [3.05, 3.63) is 64.8 Å². The Labute approximate surface area is 148 Å². The lowest BCUT2D eigenvalue weighted by molar-refractivity contribution is -0.122. The van der Waals surface area contributed by atoms with E-state index in [0.29, 0.717) is 6.61 Å². The molecule has 0 saturated carbocycles. The van der Waals surface area contributed by atoms with Gasteiger partial charge in [0.15, 0.2) is 0 Å². The Morgan fingerprint density at radius 2 is 2.04 bits per heavy atom. The number of fused-ring (bicyclic) bond motifs is 1. The highest BCUT2D eigenvalue weighted by Crippen LogP contribution is 2.23. The first kappa shape index (κ1) is 16.6. The fourth-order valence-corrected chi connectivity index (χ4v) is 2.80. The number of benzene rings is 2. The lowest BCUT2D eigenvalue weighted by Crippen LogP contribution is -2.27. The van der Waals surface area contributed by atoms with Gasteiger partial charge in [0, 0.05) is 9.86 Å². The second-order valence-electron chi connectivity index (χ2n) is 5.53. The summed E-state index contributed by atoms with van der Waals surface area (Å²) >= 11 is 3.39. The quantitative estimate of drug-likeness (QED) is 0.657. The van der Waals surface area contributed by atoms with Gasteiger partial charge in [0.1, 0.15) is 17.1 Å². The van der Waals surface area contributed by atoms with Gasteiger partial charge in [0.2, 0.25) is 5.91 Å². The molecule has 0 fully saturated rings. The maximum Gasteiger partial charge on any atom is 0.224 e. The Hall–Kier alpha value is -2.27. The van der Waals surface area contributed by atoms with Crippen molar-refractivity contribution in [3.63, 3.8) is 0 Å². The van der Waals surface area contributed by atoms with E-state index in [1.165, 1.54) is 0 Å². The van der Waals surface area contributed by atoms with E-state index in [4.69, 9.17) is 9.15 Å². The molecule has 1 aromatic heterocycles. The topological polar surface area (TPSA) is 51.5 Å². The van der Waals surface area contributed by atoms with Crippen molar-refractivity contribution in [2.24, 2.45) is 0 Å². The summed E-state index contributed by atoms with van der Waals surface area (Å²) in [5.41, 5.74) is 0.826. The van der Waals surface area contributed by atoms with Gasteiger partial charge in [-0.25, -0.2) is 0 Å². The predicted octanol–water partition coefficient (Wildman–Crippen LogP) is 4.84. The molecule has 4 nitrogen and oxygen atoms in total. The summed E-state index contributed by atoms with van der Waals surface area (Å²) in [5.74, 6) is 1.41. The third-order valence-corrected chi connectivity index (χ3v) is 4.14. The molecule has 2 aromatic carbocycles. The molecule has 0 aliphatic carbocycles. The van der Waals surface area contributed by atoms with Crippen LogP contribution < -0.4 is 10.1 Å². The molecule has 0 radical (unpaired) electrons. The van der Waals surface area contributed by atoms with Crippen LogP contribution in [0.2, 0.25) is 0 Å². The Morgan fingerprint density at radius 3 is 2.83 bits per heavy atom. The number of halogens is 1. The van der Waals surface area contributed by atoms with Gasteiger partial charge in [-0.2, -0.15) is 0 Å². The van der Waals surface area contributed by atoms with E-state index in [-0.39, 0.29) is 18.4 Å². The van der Waals surface area contributed by atoms with Gasteiger partial charge in [0.05, 0.1) is 19.1 Å². The minimum Gasteiger partial charge on any atom is -0.493 e. The molecule has 1 N–H and O–H groups in total. The number of nitrogens with one attached hydrogen (secondary N) is 1. The summed E-state index contributed by atoms with van der Waals surface area (Å²) in [6.45, 7) is 2.24. The molecule has 1 heterocycles. The predicted molar refractivity (Wildman–Crippen MR) is 97.0 cm³/mol. The zero-order valence-electron chi connectivity index (χ0n) is 13.3. The van der Waals surface area contributed by atoms with Crippen LogP contribution >= 0.6 is 15.9 Å². The van der Waals surface area contributed by atoms with Gasteiger partial charge in [-0.1, -0.05) is 40.2 Å². The van der Waals surface area contributed by atoms with E-state index in [2.05, 4.69) is 21.2 Å². The van der Waals surface area contributed by atoms with Crippen molar-refractivity contribution < 1.29 is 13.9 Å². The SMILES string of the molecule is CC(NC(=O)CCOc1cccc(Br)c1)c1cc2ccccc2o1. The molecule has 0 saturated heterocycles. The van der Waals surface area contributed by atoms with Crippen molar-refractivity contribution in [1.29, 1.82) is 0 Å². The van der Waals surface area contributed by atoms with Crippen LogP contribution in [-0.2, 0) is 4.79 Å². The molecule has 3 aromatic rings. The summed E-state index contributed by atoms with van der Waals surface area (Å²) in [4.78, 5) is 12.1. The molecule has 24 heavy (non-hydrogen) atoms. The number of amides is 1. The second kappa shape index (κ2) is 7.53. The van der Waals surface area contributed by atoms with Gasteiger partial charge in [-0.3, -0.25) is 4.79 Å². The second-order valence-corrected chi connectivity index (χ2v) is 6.45. The van der Waals surface area contributed by atoms with Crippen molar-refractivity contribution in [1.82, 2.24) is 5.32 Å². The van der Waals surface area contributed by atoms with Gasteiger partial charge >= 0.3 is 0 Å². The number of para-hydroxylation sites is 1. The van der Waals surface area contributed by atoms with E-state index < -0.39 is 0 Å². The molecule has 0 bridgehead atoms. The molecule has 0 aliphatic heterocycles. The molecule has 0 aliphatic rings. The van der Waals surface area contributed by atoms with E-state index in [1.807, 2.05) is 61.5 Å². The van der Waals surface area contributed by atoms with Crippen LogP contribution in [0, 0.1) is 0 Å². The first-order valence-corrected chi connectivity index (χ1v) is 8.57. The highest BCUT2D eigenvalue weighted by molar-refractivity contribution is 9.10. The fourth-order valence-electron chi connectivity index (χ4n) is 2.42. The minimum atomic E-state index is -0.184. The van der Waals surface area contributed by atoms with Gasteiger partial charge in [-0.05, 0) is 37.3 Å². The Kier molecular flexibility index (Phi) is 5.20. The summed E-state index contributed by atoms with van der Waals surface area (Å²) in [6, 6.07) is 17.1. The van der Waals surface area contributed by atoms with E-state index >= 15 is 0 Å². The van der Waals surface area contributed by atoms with E-state index in [1.54, 1.807) is 0 Å². The minimum absolute atomic E-state index is 0.0713. The number of carbonyl (C=O) groups excluding carboxylic acids is 1. The molecule has 1 amide bonds. The molecule has 0 spiro atoms. The average Bonchev–Trinajstić information content (AvgIpc) is 2.99. The molecule has 1 unspecified atom stereocenters. The van der Waals surface area contributed by atoms with E-state index in [0.717, 1.165) is 27.0 Å². The number of hydrogen-bond acceptors (Lipinski definition) is 3. The van der Waals surface area contributed by atoms with Crippen LogP contribution in [0.3, 0.4) is 0 Å². The third-order valence-electron chi connectivity index (χ3n) is 3.64. The Bertz CT molecular complexity index is 810. The van der Waals surface area contributed by atoms with Crippen molar-refractivity contribution >= 4 is 32.8 Å². The highest BCUT2D eigenvalue weighted by atomic mass is 79.9. The van der Waals surface area contributed by atoms with Crippen LogP contribution in [0.1, 0.15) is 25.1 Å². The van der Waals surface area contributed by atoms with Crippen LogP contribution in [0.25, 0.3) is 11.0 Å². The van der Waals surface area contributed by atoms with Crippen molar-refractivity contribution in [2.45, 2.75) is 19.4 Å². The zero-order valence-corrected chi connectivity index (χ0v) is 14.9. The van der Waals surface area contributed by atoms with Gasteiger partial charge < -0.3 is 14.5 Å². The highest BCUT2D eigenvalue weighted by Gasteiger charge is 2.14. The molecular weight excluding hydrogens is 370 g/mol. The number of carbonyl (C=O) groups is 1. The van der Waals surface area contributed by atoms with E-state index in [9.17, 15) is 4.79 Å². The molecule has 3 rings (SSSR count). The first-order chi connectivity index (χ1) is 11.6. The first-order valence-electron chi connectivity index (χ1n) is 7.78. The third kappa shape index (κ3) is 4.17. The standard InChI is InChI=1S/C19H18BrNO3/c1-13(18-11-14-5-2-3-8-17(14)24-18)21-19(22)9-10-23-16-7-4-6-15(20)12-16/h2-8,11-13H,9-10H2,1H3,(H,21,22). The maximum atomic E-state index is 12.1. The van der Waals surface area contributed by atoms with Crippen LogP contribution in [0.5, 0.6) is 5.75 Å². The maximum absolute atomic E-state index is 12.1. The average molecular weight is 388 g/mol. The molecule has 1 atom stereocenters. The number of hydrogen-bond donors (Lipinski definition) is 1. The van der Waals surface area contributed by atoms with Crippen LogP contribution in [0.4, 0.5) is 0 Å². The van der Waals surface area contributed by atoms with Crippen molar-refractivity contribution in [3.8, 4) is 5.75 Å².